The van der Waals surface area contributed by atoms with Crippen molar-refractivity contribution in [2.24, 2.45) is 5.73 Å². The highest BCUT2D eigenvalue weighted by atomic mass is 32.2. The Morgan fingerprint density at radius 3 is 2.72 bits per heavy atom. The van der Waals surface area contributed by atoms with Gasteiger partial charge >= 0.3 is 0 Å². The second-order valence-corrected chi connectivity index (χ2v) is 7.45. The minimum atomic E-state index is -2.85. The van der Waals surface area contributed by atoms with Crippen molar-refractivity contribution in [2.45, 2.75) is 44.7 Å². The van der Waals surface area contributed by atoms with Gasteiger partial charge in [-0.1, -0.05) is 6.92 Å². The number of hydrogen-bond acceptors (Lipinski definition) is 5. The molecule has 0 aromatic rings. The first-order valence-corrected chi connectivity index (χ1v) is 8.28. The SMILES string of the molecule is CCC(N)(C#N)CCCN1CCS(=O)(=O)CC1C. The predicted octanol–water partition coefficient (Wildman–Crippen LogP) is 0.517. The lowest BCUT2D eigenvalue weighted by atomic mass is 9.93. The lowest BCUT2D eigenvalue weighted by molar-refractivity contribution is 0.217. The molecule has 1 aliphatic rings. The maximum atomic E-state index is 11.4. The third-order valence-electron chi connectivity index (χ3n) is 3.73. The third-order valence-corrected chi connectivity index (χ3v) is 5.52. The molecule has 1 rings (SSSR count). The van der Waals surface area contributed by atoms with Crippen LogP contribution >= 0.6 is 0 Å². The molecule has 0 aliphatic carbocycles. The molecule has 2 atom stereocenters. The molecule has 0 radical (unpaired) electrons. The molecule has 1 heterocycles. The molecule has 18 heavy (non-hydrogen) atoms. The van der Waals surface area contributed by atoms with Crippen molar-refractivity contribution in [1.82, 2.24) is 4.90 Å². The van der Waals surface area contributed by atoms with E-state index in [2.05, 4.69) is 11.0 Å². The summed E-state index contributed by atoms with van der Waals surface area (Å²) in [7, 11) is -2.85. The standard InChI is InChI=1S/C12H23N3O2S/c1-3-12(14,10-13)5-4-6-15-7-8-18(16,17)9-11(15)2/h11H,3-9,14H2,1-2H3. The Bertz CT molecular complexity index is 416. The van der Waals surface area contributed by atoms with Gasteiger partial charge in [-0.25, -0.2) is 8.42 Å². The van der Waals surface area contributed by atoms with Crippen LogP contribution in [0.25, 0.3) is 0 Å². The Morgan fingerprint density at radius 1 is 1.56 bits per heavy atom. The molecule has 0 bridgehead atoms. The molecular formula is C12H23N3O2S. The van der Waals surface area contributed by atoms with Crippen LogP contribution in [0.2, 0.25) is 0 Å². The first-order chi connectivity index (χ1) is 8.32. The summed E-state index contributed by atoms with van der Waals surface area (Å²) in [5.74, 6) is 0.490. The average Bonchev–Trinajstić information content (AvgIpc) is 2.31. The highest BCUT2D eigenvalue weighted by molar-refractivity contribution is 7.91. The van der Waals surface area contributed by atoms with Gasteiger partial charge in [-0.3, -0.25) is 4.90 Å². The number of nitriles is 1. The quantitative estimate of drug-likeness (QED) is 0.789. The van der Waals surface area contributed by atoms with E-state index in [9.17, 15) is 8.42 Å². The molecule has 6 heteroatoms. The normalized spacial score (nSPS) is 27.3. The van der Waals surface area contributed by atoms with Gasteiger partial charge in [0.1, 0.15) is 5.54 Å². The van der Waals surface area contributed by atoms with Crippen molar-refractivity contribution in [3.05, 3.63) is 0 Å². The highest BCUT2D eigenvalue weighted by Crippen LogP contribution is 2.16. The van der Waals surface area contributed by atoms with Crippen molar-refractivity contribution >= 4 is 9.84 Å². The van der Waals surface area contributed by atoms with Gasteiger partial charge < -0.3 is 5.73 Å². The second kappa shape index (κ2) is 6.00. The summed E-state index contributed by atoms with van der Waals surface area (Å²) >= 11 is 0. The maximum absolute atomic E-state index is 11.4. The molecule has 0 spiro atoms. The highest BCUT2D eigenvalue weighted by Gasteiger charge is 2.28. The lowest BCUT2D eigenvalue weighted by Gasteiger charge is -2.33. The Labute approximate surface area is 110 Å². The summed E-state index contributed by atoms with van der Waals surface area (Å²) < 4.78 is 22.9. The molecule has 2 N–H and O–H groups in total. The van der Waals surface area contributed by atoms with Gasteiger partial charge in [-0.15, -0.1) is 0 Å². The largest absolute Gasteiger partial charge is 0.313 e. The van der Waals surface area contributed by atoms with Gasteiger partial charge in [-0.2, -0.15) is 5.26 Å². The molecule has 1 aliphatic heterocycles. The van der Waals surface area contributed by atoms with Crippen LogP contribution < -0.4 is 5.73 Å². The molecule has 0 amide bonds. The molecule has 2 unspecified atom stereocenters. The van der Waals surface area contributed by atoms with Crippen molar-refractivity contribution in [1.29, 1.82) is 5.26 Å². The fraction of sp³-hybridized carbons (Fsp3) is 0.917. The molecular weight excluding hydrogens is 250 g/mol. The molecule has 0 aromatic heterocycles. The molecule has 104 valence electrons. The van der Waals surface area contributed by atoms with Gasteiger partial charge in [0.25, 0.3) is 0 Å². The van der Waals surface area contributed by atoms with Crippen LogP contribution in [0.3, 0.4) is 0 Å². The number of hydrogen-bond donors (Lipinski definition) is 1. The molecule has 5 nitrogen and oxygen atoms in total. The van der Waals surface area contributed by atoms with Crippen molar-refractivity contribution < 1.29 is 8.42 Å². The number of nitrogens with zero attached hydrogens (tertiary/aromatic N) is 2. The molecule has 0 saturated carbocycles. The van der Waals surface area contributed by atoms with Crippen molar-refractivity contribution in [3.63, 3.8) is 0 Å². The first kappa shape index (κ1) is 15.4. The Hall–Kier alpha value is -0.640. The molecule has 0 aromatic carbocycles. The zero-order valence-corrected chi connectivity index (χ0v) is 12.0. The smallest absolute Gasteiger partial charge is 0.153 e. The Morgan fingerprint density at radius 2 is 2.22 bits per heavy atom. The van der Waals surface area contributed by atoms with E-state index in [1.807, 2.05) is 13.8 Å². The number of rotatable bonds is 5. The van der Waals surface area contributed by atoms with Crippen LogP contribution in [0.4, 0.5) is 0 Å². The van der Waals surface area contributed by atoms with Crippen LogP contribution in [0.5, 0.6) is 0 Å². The van der Waals surface area contributed by atoms with Crippen LogP contribution in [-0.4, -0.2) is 49.5 Å². The van der Waals surface area contributed by atoms with E-state index in [0.29, 0.717) is 19.4 Å². The predicted molar refractivity (Wildman–Crippen MR) is 71.7 cm³/mol. The summed E-state index contributed by atoms with van der Waals surface area (Å²) in [6.45, 7) is 5.27. The van der Waals surface area contributed by atoms with E-state index in [0.717, 1.165) is 13.0 Å². The van der Waals surface area contributed by atoms with Gasteiger partial charge in [0.15, 0.2) is 9.84 Å². The Kier molecular flexibility index (Phi) is 5.14. The van der Waals surface area contributed by atoms with E-state index in [1.165, 1.54) is 0 Å². The van der Waals surface area contributed by atoms with E-state index < -0.39 is 15.4 Å². The minimum Gasteiger partial charge on any atom is -0.313 e. The summed E-state index contributed by atoms with van der Waals surface area (Å²) in [5.41, 5.74) is 5.18. The Balaban J connectivity index is 2.40. The number of sulfone groups is 1. The van der Waals surface area contributed by atoms with E-state index in [4.69, 9.17) is 11.0 Å². The molecule has 1 saturated heterocycles. The molecule has 1 fully saturated rings. The van der Waals surface area contributed by atoms with E-state index in [1.54, 1.807) is 0 Å². The van der Waals surface area contributed by atoms with Crippen molar-refractivity contribution in [3.8, 4) is 6.07 Å². The lowest BCUT2D eigenvalue weighted by Crippen LogP contribution is -2.47. The minimum absolute atomic E-state index is 0.0691. The van der Waals surface area contributed by atoms with Crippen molar-refractivity contribution in [2.75, 3.05) is 24.6 Å². The summed E-state index contributed by atoms with van der Waals surface area (Å²) in [5, 5.41) is 8.97. The second-order valence-electron chi connectivity index (χ2n) is 5.22. The van der Waals surface area contributed by atoms with Crippen LogP contribution in [0.15, 0.2) is 0 Å². The fourth-order valence-corrected chi connectivity index (χ4v) is 3.90. The van der Waals surface area contributed by atoms with Crippen LogP contribution in [-0.2, 0) is 9.84 Å². The van der Waals surface area contributed by atoms with E-state index >= 15 is 0 Å². The summed E-state index contributed by atoms with van der Waals surface area (Å²) in [4.78, 5) is 2.18. The topological polar surface area (TPSA) is 87.2 Å². The monoisotopic (exact) mass is 273 g/mol. The average molecular weight is 273 g/mol. The van der Waals surface area contributed by atoms with Gasteiger partial charge in [0.2, 0.25) is 0 Å². The number of nitrogens with two attached hydrogens (primary N) is 1. The van der Waals surface area contributed by atoms with Crippen LogP contribution in [0.1, 0.15) is 33.1 Å². The summed E-state index contributed by atoms with van der Waals surface area (Å²) in [6.07, 6.45) is 2.14. The van der Waals surface area contributed by atoms with Gasteiger partial charge in [0, 0.05) is 12.6 Å². The zero-order chi connectivity index (χ0) is 13.8. The third kappa shape index (κ3) is 4.23. The van der Waals surface area contributed by atoms with E-state index in [-0.39, 0.29) is 17.5 Å². The summed E-state index contributed by atoms with van der Waals surface area (Å²) in [6, 6.07) is 2.22. The zero-order valence-electron chi connectivity index (χ0n) is 11.2. The fourth-order valence-electron chi connectivity index (χ4n) is 2.27. The van der Waals surface area contributed by atoms with Crippen LogP contribution in [0, 0.1) is 11.3 Å². The maximum Gasteiger partial charge on any atom is 0.153 e. The first-order valence-electron chi connectivity index (χ1n) is 6.46. The van der Waals surface area contributed by atoms with Gasteiger partial charge in [0.05, 0.1) is 17.6 Å². The van der Waals surface area contributed by atoms with Gasteiger partial charge in [-0.05, 0) is 32.7 Å².